The van der Waals surface area contributed by atoms with E-state index in [-0.39, 0.29) is 0 Å². The predicted octanol–water partition coefficient (Wildman–Crippen LogP) is 2.39. The summed E-state index contributed by atoms with van der Waals surface area (Å²) in [6.07, 6.45) is 8.72. The lowest BCUT2D eigenvalue weighted by Gasteiger charge is -2.23. The lowest BCUT2D eigenvalue weighted by Crippen LogP contribution is -2.33. The summed E-state index contributed by atoms with van der Waals surface area (Å²) in [6.45, 7) is 2.34. The fraction of sp³-hybridized carbons (Fsp3) is 0.615. The molecule has 1 fully saturated rings. The molecule has 0 aliphatic heterocycles. The Bertz CT molecular complexity index is 297. The Hall–Kier alpha value is -0.890. The summed E-state index contributed by atoms with van der Waals surface area (Å²) in [6, 6.07) is 4.46. The first kappa shape index (κ1) is 10.6. The van der Waals surface area contributed by atoms with Crippen molar-refractivity contribution in [1.29, 1.82) is 0 Å². The Morgan fingerprint density at radius 1 is 1.40 bits per heavy atom. The minimum atomic E-state index is 0.324. The smallest absolute Gasteiger partial charge is 0.0270 e. The van der Waals surface area contributed by atoms with Gasteiger partial charge in [0.25, 0.3) is 0 Å². The van der Waals surface area contributed by atoms with Gasteiger partial charge in [-0.25, -0.2) is 0 Å². The van der Waals surface area contributed by atoms with E-state index in [1.165, 1.54) is 24.8 Å². The molecule has 1 aliphatic carbocycles. The first-order valence-electron chi connectivity index (χ1n) is 5.92. The Labute approximate surface area is 91.9 Å². The summed E-state index contributed by atoms with van der Waals surface area (Å²) in [4.78, 5) is 4.02. The van der Waals surface area contributed by atoms with E-state index in [9.17, 15) is 0 Å². The third-order valence-electron chi connectivity index (χ3n) is 3.70. The van der Waals surface area contributed by atoms with Crippen molar-refractivity contribution in [2.24, 2.45) is 17.6 Å². The highest BCUT2D eigenvalue weighted by molar-refractivity contribution is 5.11. The monoisotopic (exact) mass is 204 g/mol. The lowest BCUT2D eigenvalue weighted by atomic mass is 9.87. The number of hydrogen-bond acceptors (Lipinski definition) is 2. The van der Waals surface area contributed by atoms with Crippen molar-refractivity contribution >= 4 is 0 Å². The molecule has 0 aromatic carbocycles. The van der Waals surface area contributed by atoms with Crippen LogP contribution in [-0.2, 0) is 6.42 Å². The van der Waals surface area contributed by atoms with Gasteiger partial charge in [0, 0.05) is 18.4 Å². The molecule has 0 radical (unpaired) electrons. The van der Waals surface area contributed by atoms with Gasteiger partial charge in [0.1, 0.15) is 0 Å². The van der Waals surface area contributed by atoms with E-state index >= 15 is 0 Å². The number of hydrogen-bond donors (Lipinski definition) is 1. The molecule has 0 spiro atoms. The van der Waals surface area contributed by atoms with Crippen LogP contribution in [0.25, 0.3) is 0 Å². The van der Waals surface area contributed by atoms with Gasteiger partial charge in [-0.3, -0.25) is 4.98 Å². The van der Waals surface area contributed by atoms with Gasteiger partial charge in [0.05, 0.1) is 0 Å². The van der Waals surface area contributed by atoms with E-state index in [0.29, 0.717) is 6.04 Å². The van der Waals surface area contributed by atoms with Gasteiger partial charge in [0.15, 0.2) is 0 Å². The molecule has 1 heterocycles. The van der Waals surface area contributed by atoms with Crippen molar-refractivity contribution in [3.8, 4) is 0 Å². The highest BCUT2D eigenvalue weighted by Crippen LogP contribution is 2.33. The normalized spacial score (nSPS) is 27.9. The van der Waals surface area contributed by atoms with E-state index in [2.05, 4.69) is 24.0 Å². The fourth-order valence-electron chi connectivity index (χ4n) is 2.75. The Morgan fingerprint density at radius 3 is 2.73 bits per heavy atom. The Morgan fingerprint density at radius 2 is 2.13 bits per heavy atom. The van der Waals surface area contributed by atoms with Crippen LogP contribution >= 0.6 is 0 Å². The van der Waals surface area contributed by atoms with Crippen LogP contribution in [0, 0.1) is 11.8 Å². The van der Waals surface area contributed by atoms with Crippen molar-refractivity contribution in [3.63, 3.8) is 0 Å². The zero-order valence-corrected chi connectivity index (χ0v) is 9.39. The van der Waals surface area contributed by atoms with Crippen LogP contribution in [0.3, 0.4) is 0 Å². The summed E-state index contributed by atoms with van der Waals surface area (Å²) in [5.41, 5.74) is 7.60. The number of nitrogens with zero attached hydrogens (tertiary/aromatic N) is 1. The molecule has 1 aromatic rings. The number of nitrogens with two attached hydrogens (primary N) is 1. The van der Waals surface area contributed by atoms with Gasteiger partial charge in [-0.15, -0.1) is 0 Å². The zero-order chi connectivity index (χ0) is 10.7. The summed E-state index contributed by atoms with van der Waals surface area (Å²) in [5.74, 6) is 1.53. The summed E-state index contributed by atoms with van der Waals surface area (Å²) in [7, 11) is 0. The SMILES string of the molecule is CC1CCCC1C(N)Cc1ccncc1. The van der Waals surface area contributed by atoms with Crippen LogP contribution in [0.15, 0.2) is 24.5 Å². The minimum Gasteiger partial charge on any atom is -0.327 e. The van der Waals surface area contributed by atoms with Gasteiger partial charge in [0.2, 0.25) is 0 Å². The van der Waals surface area contributed by atoms with Crippen LogP contribution in [-0.4, -0.2) is 11.0 Å². The van der Waals surface area contributed by atoms with Crippen LogP contribution < -0.4 is 5.73 Å². The molecule has 2 rings (SSSR count). The van der Waals surface area contributed by atoms with Gasteiger partial charge in [-0.1, -0.05) is 19.8 Å². The predicted molar refractivity (Wildman–Crippen MR) is 62.4 cm³/mol. The number of aromatic nitrogens is 1. The second kappa shape index (κ2) is 4.75. The van der Waals surface area contributed by atoms with Gasteiger partial charge < -0.3 is 5.73 Å². The van der Waals surface area contributed by atoms with Crippen LogP contribution in [0.4, 0.5) is 0 Å². The molecule has 3 atom stereocenters. The minimum absolute atomic E-state index is 0.324. The van der Waals surface area contributed by atoms with Crippen molar-refractivity contribution in [1.82, 2.24) is 4.98 Å². The first-order valence-corrected chi connectivity index (χ1v) is 5.92. The molecule has 1 aliphatic rings. The average molecular weight is 204 g/mol. The zero-order valence-electron chi connectivity index (χ0n) is 9.39. The lowest BCUT2D eigenvalue weighted by molar-refractivity contribution is 0.343. The van der Waals surface area contributed by atoms with E-state index in [0.717, 1.165) is 18.3 Å². The van der Waals surface area contributed by atoms with Gasteiger partial charge >= 0.3 is 0 Å². The molecule has 0 saturated heterocycles. The maximum Gasteiger partial charge on any atom is 0.0270 e. The third-order valence-corrected chi connectivity index (χ3v) is 3.70. The first-order chi connectivity index (χ1) is 7.27. The third kappa shape index (κ3) is 2.57. The Balaban J connectivity index is 1.94. The Kier molecular flexibility index (Phi) is 3.37. The second-order valence-electron chi connectivity index (χ2n) is 4.80. The molecule has 3 unspecified atom stereocenters. The number of pyridine rings is 1. The van der Waals surface area contributed by atoms with Crippen LogP contribution in [0.1, 0.15) is 31.7 Å². The maximum absolute atomic E-state index is 6.28. The van der Waals surface area contributed by atoms with Crippen molar-refractivity contribution in [3.05, 3.63) is 30.1 Å². The van der Waals surface area contributed by atoms with Crippen molar-refractivity contribution in [2.45, 2.75) is 38.6 Å². The molecule has 2 heteroatoms. The number of rotatable bonds is 3. The molecule has 0 amide bonds. The van der Waals surface area contributed by atoms with Gasteiger partial charge in [-0.05, 0) is 42.4 Å². The van der Waals surface area contributed by atoms with Gasteiger partial charge in [-0.2, -0.15) is 0 Å². The van der Waals surface area contributed by atoms with Crippen molar-refractivity contribution < 1.29 is 0 Å². The second-order valence-corrected chi connectivity index (χ2v) is 4.80. The molecule has 2 N–H and O–H groups in total. The molecular weight excluding hydrogens is 184 g/mol. The standard InChI is InChI=1S/C13H20N2/c1-10-3-2-4-12(10)13(14)9-11-5-7-15-8-6-11/h5-8,10,12-13H,2-4,9,14H2,1H3. The molecule has 1 saturated carbocycles. The van der Waals surface area contributed by atoms with E-state index < -0.39 is 0 Å². The highest BCUT2D eigenvalue weighted by atomic mass is 14.7. The fourth-order valence-corrected chi connectivity index (χ4v) is 2.75. The molecule has 2 nitrogen and oxygen atoms in total. The van der Waals surface area contributed by atoms with E-state index in [1.807, 2.05) is 12.4 Å². The molecule has 15 heavy (non-hydrogen) atoms. The molecule has 1 aromatic heterocycles. The maximum atomic E-state index is 6.28. The topological polar surface area (TPSA) is 38.9 Å². The quantitative estimate of drug-likeness (QED) is 0.821. The highest BCUT2D eigenvalue weighted by Gasteiger charge is 2.28. The summed E-state index contributed by atoms with van der Waals surface area (Å²) >= 11 is 0. The summed E-state index contributed by atoms with van der Waals surface area (Å²) in [5, 5.41) is 0. The van der Waals surface area contributed by atoms with Crippen molar-refractivity contribution in [2.75, 3.05) is 0 Å². The molecular formula is C13H20N2. The largest absolute Gasteiger partial charge is 0.327 e. The van der Waals surface area contributed by atoms with E-state index in [1.54, 1.807) is 0 Å². The molecule has 82 valence electrons. The molecule has 0 bridgehead atoms. The van der Waals surface area contributed by atoms with Crippen LogP contribution in [0.5, 0.6) is 0 Å². The average Bonchev–Trinajstić information content (AvgIpc) is 2.66. The van der Waals surface area contributed by atoms with Crippen LogP contribution in [0.2, 0.25) is 0 Å². The summed E-state index contributed by atoms with van der Waals surface area (Å²) < 4.78 is 0. The van der Waals surface area contributed by atoms with E-state index in [4.69, 9.17) is 5.73 Å².